The van der Waals surface area contributed by atoms with Gasteiger partial charge in [0.2, 0.25) is 5.88 Å². The summed E-state index contributed by atoms with van der Waals surface area (Å²) in [5, 5.41) is 0. The lowest BCUT2D eigenvalue weighted by molar-refractivity contribution is 0.168. The zero-order chi connectivity index (χ0) is 5.28. The predicted octanol–water partition coefficient (Wildman–Crippen LogP) is -0.337. The molecule has 0 spiro atoms. The maximum Gasteiger partial charge on any atom is 0.202 e. The average Bonchev–Trinajstić information content (AvgIpc) is 1.87. The molecular weight excluding hydrogens is 92.1 g/mol. The summed E-state index contributed by atoms with van der Waals surface area (Å²) >= 11 is 0. The van der Waals surface area contributed by atoms with Crippen molar-refractivity contribution < 1.29 is 4.74 Å². The first-order valence-electron chi connectivity index (χ1n) is 2.09. The fourth-order valence-electron chi connectivity index (χ4n) is 0.468. The van der Waals surface area contributed by atoms with Crippen molar-refractivity contribution in [2.45, 2.75) is 0 Å². The second kappa shape index (κ2) is 1.33. The van der Waals surface area contributed by atoms with Crippen LogP contribution < -0.4 is 5.73 Å². The molecule has 0 aromatic carbocycles. The SMILES string of the molecule is CN1C=C(N)OC1. The summed E-state index contributed by atoms with van der Waals surface area (Å²) in [6.07, 6.45) is 1.75. The van der Waals surface area contributed by atoms with Gasteiger partial charge in [-0.1, -0.05) is 0 Å². The Labute approximate surface area is 42.4 Å². The van der Waals surface area contributed by atoms with Crippen molar-refractivity contribution in [3.63, 3.8) is 0 Å². The molecule has 7 heavy (non-hydrogen) atoms. The van der Waals surface area contributed by atoms with Gasteiger partial charge in [-0.2, -0.15) is 0 Å². The Morgan fingerprint density at radius 1 is 2.00 bits per heavy atom. The molecule has 0 saturated carbocycles. The Balaban J connectivity index is 2.50. The molecule has 0 atom stereocenters. The Morgan fingerprint density at radius 2 is 2.71 bits per heavy atom. The first kappa shape index (κ1) is 4.30. The minimum atomic E-state index is 0.502. The largest absolute Gasteiger partial charge is 0.457 e. The monoisotopic (exact) mass is 100 g/mol. The van der Waals surface area contributed by atoms with Crippen molar-refractivity contribution in [3.8, 4) is 0 Å². The zero-order valence-corrected chi connectivity index (χ0v) is 4.22. The first-order chi connectivity index (χ1) is 3.29. The van der Waals surface area contributed by atoms with Crippen LogP contribution in [0, 0.1) is 0 Å². The van der Waals surface area contributed by atoms with Crippen LogP contribution in [0.2, 0.25) is 0 Å². The van der Waals surface area contributed by atoms with Crippen molar-refractivity contribution in [1.29, 1.82) is 0 Å². The van der Waals surface area contributed by atoms with Gasteiger partial charge in [0.15, 0.2) is 6.73 Å². The molecule has 1 aliphatic heterocycles. The summed E-state index contributed by atoms with van der Waals surface area (Å²) in [4.78, 5) is 1.87. The van der Waals surface area contributed by atoms with Gasteiger partial charge in [0, 0.05) is 7.05 Å². The fourth-order valence-corrected chi connectivity index (χ4v) is 0.468. The van der Waals surface area contributed by atoms with Gasteiger partial charge >= 0.3 is 0 Å². The van der Waals surface area contributed by atoms with Crippen LogP contribution in [0.3, 0.4) is 0 Å². The van der Waals surface area contributed by atoms with Gasteiger partial charge in [-0.05, 0) is 0 Å². The lowest BCUT2D eigenvalue weighted by Crippen LogP contribution is -2.06. The van der Waals surface area contributed by atoms with E-state index in [4.69, 9.17) is 10.5 Å². The van der Waals surface area contributed by atoms with E-state index >= 15 is 0 Å². The molecule has 3 heteroatoms. The van der Waals surface area contributed by atoms with Crippen LogP contribution in [0.1, 0.15) is 0 Å². The molecule has 0 aromatic heterocycles. The third kappa shape index (κ3) is 0.765. The number of nitrogens with zero attached hydrogens (tertiary/aromatic N) is 1. The van der Waals surface area contributed by atoms with Gasteiger partial charge in [0.05, 0.1) is 6.20 Å². The second-order valence-electron chi connectivity index (χ2n) is 1.56. The van der Waals surface area contributed by atoms with E-state index < -0.39 is 0 Å². The van der Waals surface area contributed by atoms with Gasteiger partial charge < -0.3 is 15.4 Å². The molecule has 0 aromatic rings. The highest BCUT2D eigenvalue weighted by Crippen LogP contribution is 2.00. The zero-order valence-electron chi connectivity index (χ0n) is 4.22. The highest BCUT2D eigenvalue weighted by atomic mass is 16.5. The van der Waals surface area contributed by atoms with Crippen LogP contribution >= 0.6 is 0 Å². The summed E-state index contributed by atoms with van der Waals surface area (Å²) < 4.78 is 4.83. The van der Waals surface area contributed by atoms with E-state index in [0.717, 1.165) is 0 Å². The first-order valence-corrected chi connectivity index (χ1v) is 2.09. The third-order valence-electron chi connectivity index (χ3n) is 0.782. The maximum atomic E-state index is 5.22. The van der Waals surface area contributed by atoms with Gasteiger partial charge in [-0.25, -0.2) is 0 Å². The van der Waals surface area contributed by atoms with E-state index in [2.05, 4.69) is 0 Å². The van der Waals surface area contributed by atoms with Crippen LogP contribution in [0.25, 0.3) is 0 Å². The number of nitrogens with two attached hydrogens (primary N) is 1. The lowest BCUT2D eigenvalue weighted by atomic mass is 10.8. The summed E-state index contributed by atoms with van der Waals surface area (Å²) in [7, 11) is 1.90. The van der Waals surface area contributed by atoms with Crippen molar-refractivity contribution in [2.75, 3.05) is 13.8 Å². The molecule has 40 valence electrons. The van der Waals surface area contributed by atoms with Crippen molar-refractivity contribution in [2.24, 2.45) is 5.73 Å². The molecule has 1 heterocycles. The Bertz CT molecular complexity index is 99.9. The van der Waals surface area contributed by atoms with Gasteiger partial charge in [0.1, 0.15) is 0 Å². The van der Waals surface area contributed by atoms with Crippen molar-refractivity contribution >= 4 is 0 Å². The Kier molecular flexibility index (Phi) is 0.817. The van der Waals surface area contributed by atoms with Crippen LogP contribution in [0.4, 0.5) is 0 Å². The van der Waals surface area contributed by atoms with Gasteiger partial charge in [0.25, 0.3) is 0 Å². The molecule has 0 saturated heterocycles. The van der Waals surface area contributed by atoms with Crippen molar-refractivity contribution in [1.82, 2.24) is 4.90 Å². The average molecular weight is 100 g/mol. The van der Waals surface area contributed by atoms with E-state index in [1.807, 2.05) is 11.9 Å². The van der Waals surface area contributed by atoms with Crippen LogP contribution in [-0.2, 0) is 4.74 Å². The fraction of sp³-hybridized carbons (Fsp3) is 0.500. The molecule has 3 nitrogen and oxygen atoms in total. The van der Waals surface area contributed by atoms with E-state index in [-0.39, 0.29) is 0 Å². The molecule has 0 radical (unpaired) electrons. The standard InChI is InChI=1S/C4H8N2O/c1-6-2-4(5)7-3-6/h2H,3,5H2,1H3. The molecule has 0 amide bonds. The number of hydrogen-bond donors (Lipinski definition) is 1. The lowest BCUT2D eigenvalue weighted by Gasteiger charge is -2.00. The van der Waals surface area contributed by atoms with E-state index in [0.29, 0.717) is 12.6 Å². The maximum absolute atomic E-state index is 5.22. The molecular formula is C4H8N2O. The van der Waals surface area contributed by atoms with Gasteiger partial charge in [-0.3, -0.25) is 0 Å². The normalized spacial score (nSPS) is 19.0. The minimum Gasteiger partial charge on any atom is -0.457 e. The summed E-state index contributed by atoms with van der Waals surface area (Å²) in [5.41, 5.74) is 5.22. The molecule has 1 rings (SSSR count). The topological polar surface area (TPSA) is 38.5 Å². The van der Waals surface area contributed by atoms with Crippen LogP contribution in [-0.4, -0.2) is 18.7 Å². The molecule has 0 unspecified atom stereocenters. The summed E-state index contributed by atoms with van der Waals surface area (Å²) in [6, 6.07) is 0. The minimum absolute atomic E-state index is 0.502. The Morgan fingerprint density at radius 3 is 2.86 bits per heavy atom. The molecule has 1 aliphatic rings. The summed E-state index contributed by atoms with van der Waals surface area (Å²) in [5.74, 6) is 0.502. The molecule has 0 fully saturated rings. The number of rotatable bonds is 0. The predicted molar refractivity (Wildman–Crippen MR) is 26.0 cm³/mol. The molecule has 0 bridgehead atoms. The number of ether oxygens (including phenoxy) is 1. The van der Waals surface area contributed by atoms with E-state index in [9.17, 15) is 0 Å². The molecule has 2 N–H and O–H groups in total. The van der Waals surface area contributed by atoms with Crippen molar-refractivity contribution in [3.05, 3.63) is 12.1 Å². The highest BCUT2D eigenvalue weighted by Gasteiger charge is 2.02. The smallest absolute Gasteiger partial charge is 0.202 e. The highest BCUT2D eigenvalue weighted by molar-refractivity contribution is 4.89. The number of hydrogen-bond acceptors (Lipinski definition) is 3. The quantitative estimate of drug-likeness (QED) is 0.452. The summed E-state index contributed by atoms with van der Waals surface area (Å²) in [6.45, 7) is 0.589. The van der Waals surface area contributed by atoms with E-state index in [1.165, 1.54) is 0 Å². The molecule has 0 aliphatic carbocycles. The van der Waals surface area contributed by atoms with Gasteiger partial charge in [-0.15, -0.1) is 0 Å². The van der Waals surface area contributed by atoms with E-state index in [1.54, 1.807) is 6.20 Å². The van der Waals surface area contributed by atoms with Crippen LogP contribution in [0.5, 0.6) is 0 Å². The Hall–Kier alpha value is -0.860. The third-order valence-corrected chi connectivity index (χ3v) is 0.782. The van der Waals surface area contributed by atoms with Crippen LogP contribution in [0.15, 0.2) is 12.1 Å². The second-order valence-corrected chi connectivity index (χ2v) is 1.56.